The van der Waals surface area contributed by atoms with E-state index in [1.54, 1.807) is 0 Å². The van der Waals surface area contributed by atoms with Crippen LogP contribution in [0.2, 0.25) is 0 Å². The van der Waals surface area contributed by atoms with Crippen LogP contribution in [0, 0.1) is 0 Å². The number of anilines is 1. The SMILES string of the molecule is Nc1nnc(S(=O)(=O)C2CCCCC2)s1. The third-order valence-corrected chi connectivity index (χ3v) is 6.07. The molecule has 1 aromatic heterocycles. The zero-order valence-corrected chi connectivity index (χ0v) is 9.85. The number of nitrogens with two attached hydrogens (primary N) is 1. The second kappa shape index (κ2) is 4.05. The zero-order chi connectivity index (χ0) is 10.9. The predicted molar refractivity (Wildman–Crippen MR) is 58.4 cm³/mol. The lowest BCUT2D eigenvalue weighted by Crippen LogP contribution is -2.24. The van der Waals surface area contributed by atoms with Crippen molar-refractivity contribution in [2.75, 3.05) is 5.73 Å². The van der Waals surface area contributed by atoms with Gasteiger partial charge in [-0.3, -0.25) is 0 Å². The molecule has 1 fully saturated rings. The van der Waals surface area contributed by atoms with Crippen LogP contribution in [-0.4, -0.2) is 23.9 Å². The lowest BCUT2D eigenvalue weighted by Gasteiger charge is -2.19. The van der Waals surface area contributed by atoms with Gasteiger partial charge in [0, 0.05) is 0 Å². The fourth-order valence-electron chi connectivity index (χ4n) is 1.85. The zero-order valence-electron chi connectivity index (χ0n) is 8.22. The number of hydrogen-bond donors (Lipinski definition) is 1. The van der Waals surface area contributed by atoms with Gasteiger partial charge in [0.15, 0.2) is 0 Å². The average Bonchev–Trinajstić information content (AvgIpc) is 2.67. The summed E-state index contributed by atoms with van der Waals surface area (Å²) in [4.78, 5) is 0. The van der Waals surface area contributed by atoms with Crippen LogP contribution in [0.1, 0.15) is 32.1 Å². The Labute approximate surface area is 92.6 Å². The third kappa shape index (κ3) is 2.12. The smallest absolute Gasteiger partial charge is 0.234 e. The van der Waals surface area contributed by atoms with E-state index in [4.69, 9.17) is 5.73 Å². The molecule has 5 nitrogen and oxygen atoms in total. The number of nitrogens with zero attached hydrogens (tertiary/aromatic N) is 2. The van der Waals surface area contributed by atoms with Gasteiger partial charge in [0.25, 0.3) is 0 Å². The van der Waals surface area contributed by atoms with E-state index in [-0.39, 0.29) is 14.7 Å². The van der Waals surface area contributed by atoms with E-state index in [2.05, 4.69) is 10.2 Å². The molecule has 2 rings (SSSR count). The molecule has 0 spiro atoms. The Morgan fingerprint density at radius 3 is 2.40 bits per heavy atom. The van der Waals surface area contributed by atoms with Crippen molar-refractivity contribution in [1.82, 2.24) is 10.2 Å². The molecule has 1 saturated carbocycles. The van der Waals surface area contributed by atoms with Crippen molar-refractivity contribution in [3.05, 3.63) is 0 Å². The van der Waals surface area contributed by atoms with Crippen molar-refractivity contribution < 1.29 is 8.42 Å². The Morgan fingerprint density at radius 1 is 1.20 bits per heavy atom. The summed E-state index contributed by atoms with van der Waals surface area (Å²) in [5, 5.41) is 7.10. The summed E-state index contributed by atoms with van der Waals surface area (Å²) in [6, 6.07) is 0. The largest absolute Gasteiger partial charge is 0.374 e. The minimum absolute atomic E-state index is 0.0758. The molecule has 1 aliphatic carbocycles. The molecule has 0 aromatic carbocycles. The minimum atomic E-state index is -3.28. The first-order valence-electron chi connectivity index (χ1n) is 4.93. The molecule has 0 atom stereocenters. The fraction of sp³-hybridized carbons (Fsp3) is 0.750. The summed E-state index contributed by atoms with van der Waals surface area (Å²) in [6.07, 6.45) is 4.57. The molecule has 1 heterocycles. The molecule has 0 aliphatic heterocycles. The molecule has 2 N–H and O–H groups in total. The molecule has 0 radical (unpaired) electrons. The second-order valence-corrected chi connectivity index (χ2v) is 7.12. The Hall–Kier alpha value is -0.690. The molecule has 1 aliphatic rings. The minimum Gasteiger partial charge on any atom is -0.374 e. The number of rotatable bonds is 2. The van der Waals surface area contributed by atoms with Crippen LogP contribution in [0.25, 0.3) is 0 Å². The highest BCUT2D eigenvalue weighted by Gasteiger charge is 2.31. The van der Waals surface area contributed by atoms with Gasteiger partial charge >= 0.3 is 0 Å². The van der Waals surface area contributed by atoms with E-state index >= 15 is 0 Å². The van der Waals surface area contributed by atoms with Gasteiger partial charge in [-0.05, 0) is 12.8 Å². The van der Waals surface area contributed by atoms with Gasteiger partial charge in [0.1, 0.15) is 0 Å². The van der Waals surface area contributed by atoms with E-state index < -0.39 is 9.84 Å². The van der Waals surface area contributed by atoms with Gasteiger partial charge in [0.2, 0.25) is 19.3 Å². The maximum atomic E-state index is 12.1. The summed E-state index contributed by atoms with van der Waals surface area (Å²) in [6.45, 7) is 0. The molecule has 0 unspecified atom stereocenters. The summed E-state index contributed by atoms with van der Waals surface area (Å²) >= 11 is 0.956. The standard InChI is InChI=1S/C8H13N3O2S2/c9-7-10-11-8(14-7)15(12,13)6-4-2-1-3-5-6/h6H,1-5H2,(H2,9,10). The normalized spacial score (nSPS) is 19.2. The Balaban J connectivity index is 2.26. The molecule has 0 saturated heterocycles. The highest BCUT2D eigenvalue weighted by atomic mass is 32.2. The summed E-state index contributed by atoms with van der Waals surface area (Å²) < 4.78 is 24.2. The second-order valence-electron chi connectivity index (χ2n) is 3.71. The van der Waals surface area contributed by atoms with Crippen LogP contribution in [-0.2, 0) is 9.84 Å². The van der Waals surface area contributed by atoms with Crippen molar-refractivity contribution in [2.24, 2.45) is 0 Å². The van der Waals surface area contributed by atoms with E-state index in [0.717, 1.165) is 43.4 Å². The first-order chi connectivity index (χ1) is 7.10. The molecule has 84 valence electrons. The lowest BCUT2D eigenvalue weighted by molar-refractivity contribution is 0.483. The van der Waals surface area contributed by atoms with Crippen LogP contribution in [0.15, 0.2) is 4.34 Å². The fourth-order valence-corrected chi connectivity index (χ4v) is 4.72. The van der Waals surface area contributed by atoms with Gasteiger partial charge in [0.05, 0.1) is 5.25 Å². The Morgan fingerprint density at radius 2 is 1.87 bits per heavy atom. The van der Waals surface area contributed by atoms with Crippen molar-refractivity contribution in [2.45, 2.75) is 41.7 Å². The summed E-state index contributed by atoms with van der Waals surface area (Å²) in [7, 11) is -3.28. The van der Waals surface area contributed by atoms with Crippen LogP contribution in [0.5, 0.6) is 0 Å². The number of sulfone groups is 1. The van der Waals surface area contributed by atoms with Crippen molar-refractivity contribution >= 4 is 26.3 Å². The summed E-state index contributed by atoms with van der Waals surface area (Å²) in [5.41, 5.74) is 5.39. The number of aromatic nitrogens is 2. The maximum Gasteiger partial charge on any atom is 0.234 e. The molecular formula is C8H13N3O2S2. The first kappa shape index (κ1) is 10.8. The Bertz CT molecular complexity index is 434. The van der Waals surface area contributed by atoms with Crippen LogP contribution >= 0.6 is 11.3 Å². The quantitative estimate of drug-likeness (QED) is 0.849. The molecule has 7 heteroatoms. The van der Waals surface area contributed by atoms with E-state index in [0.29, 0.717) is 0 Å². The Kier molecular flexibility index (Phi) is 2.92. The molecule has 0 bridgehead atoms. The van der Waals surface area contributed by atoms with Gasteiger partial charge in [-0.2, -0.15) is 0 Å². The number of nitrogen functional groups attached to an aromatic ring is 1. The number of hydrogen-bond acceptors (Lipinski definition) is 6. The van der Waals surface area contributed by atoms with Gasteiger partial charge in [-0.25, -0.2) is 8.42 Å². The molecular weight excluding hydrogens is 234 g/mol. The van der Waals surface area contributed by atoms with Crippen molar-refractivity contribution in [3.63, 3.8) is 0 Å². The van der Waals surface area contributed by atoms with E-state index in [1.165, 1.54) is 0 Å². The summed E-state index contributed by atoms with van der Waals surface area (Å²) in [5.74, 6) is 0. The van der Waals surface area contributed by atoms with Crippen molar-refractivity contribution in [1.29, 1.82) is 0 Å². The van der Waals surface area contributed by atoms with E-state index in [9.17, 15) is 8.42 Å². The maximum absolute atomic E-state index is 12.1. The van der Waals surface area contributed by atoms with Crippen LogP contribution in [0.3, 0.4) is 0 Å². The van der Waals surface area contributed by atoms with Gasteiger partial charge in [-0.15, -0.1) is 10.2 Å². The van der Waals surface area contributed by atoms with Gasteiger partial charge in [-0.1, -0.05) is 30.6 Å². The third-order valence-electron chi connectivity index (χ3n) is 2.66. The van der Waals surface area contributed by atoms with Crippen LogP contribution < -0.4 is 5.73 Å². The van der Waals surface area contributed by atoms with Crippen LogP contribution in [0.4, 0.5) is 5.13 Å². The molecule has 0 amide bonds. The predicted octanol–water partition coefficient (Wildman–Crippen LogP) is 1.23. The van der Waals surface area contributed by atoms with Gasteiger partial charge < -0.3 is 5.73 Å². The highest BCUT2D eigenvalue weighted by Crippen LogP contribution is 2.30. The monoisotopic (exact) mass is 247 g/mol. The first-order valence-corrected chi connectivity index (χ1v) is 7.30. The lowest BCUT2D eigenvalue weighted by atomic mass is 10.0. The van der Waals surface area contributed by atoms with Crippen molar-refractivity contribution in [3.8, 4) is 0 Å². The highest BCUT2D eigenvalue weighted by molar-refractivity contribution is 7.94. The van der Waals surface area contributed by atoms with E-state index in [1.807, 2.05) is 0 Å². The topological polar surface area (TPSA) is 85.9 Å². The molecule has 15 heavy (non-hydrogen) atoms. The molecule has 1 aromatic rings. The average molecular weight is 247 g/mol.